The van der Waals surface area contributed by atoms with Crippen molar-refractivity contribution in [1.82, 2.24) is 5.32 Å². The van der Waals surface area contributed by atoms with Crippen molar-refractivity contribution in [2.45, 2.75) is 26.0 Å². The van der Waals surface area contributed by atoms with E-state index in [2.05, 4.69) is 19.2 Å². The van der Waals surface area contributed by atoms with Crippen molar-refractivity contribution >= 4 is 27.5 Å². The first-order chi connectivity index (χ1) is 5.63. The van der Waals surface area contributed by atoms with Crippen molar-refractivity contribution in [3.8, 4) is 0 Å². The second-order valence-corrected chi connectivity index (χ2v) is 5.43. The lowest BCUT2D eigenvalue weighted by atomic mass is 10.1. The highest BCUT2D eigenvalue weighted by Crippen LogP contribution is 2.28. The molecule has 0 radical (unpaired) electrons. The highest BCUT2D eigenvalue weighted by atomic mass is 33.1. The minimum absolute atomic E-state index is 0.0833. The van der Waals surface area contributed by atoms with Gasteiger partial charge in [0, 0.05) is 6.54 Å². The molecule has 0 aromatic rings. The van der Waals surface area contributed by atoms with E-state index in [4.69, 9.17) is 0 Å². The van der Waals surface area contributed by atoms with Gasteiger partial charge in [0.2, 0.25) is 5.91 Å². The molecule has 0 aliphatic carbocycles. The number of carbonyl (C=O) groups is 1. The molecule has 0 aliphatic rings. The molecule has 1 amide bonds. The maximum absolute atomic E-state index is 11.4. The van der Waals surface area contributed by atoms with E-state index in [1.165, 1.54) is 0 Å². The summed E-state index contributed by atoms with van der Waals surface area (Å²) >= 11 is 0. The maximum atomic E-state index is 11.4. The molecule has 12 heavy (non-hydrogen) atoms. The molecule has 0 heterocycles. The molecule has 0 unspecified atom stereocenters. The van der Waals surface area contributed by atoms with Crippen LogP contribution in [0.2, 0.25) is 0 Å². The minimum Gasteiger partial charge on any atom is -0.355 e. The van der Waals surface area contributed by atoms with Gasteiger partial charge in [0.15, 0.2) is 0 Å². The summed E-state index contributed by atoms with van der Waals surface area (Å²) in [5.41, 5.74) is 0. The molecule has 0 rings (SSSR count). The Labute approximate surface area is 82.7 Å². The highest BCUT2D eigenvalue weighted by molar-refractivity contribution is 8.76. The molecule has 0 bridgehead atoms. The zero-order chi connectivity index (χ0) is 9.56. The van der Waals surface area contributed by atoms with E-state index in [0.717, 1.165) is 6.54 Å². The monoisotopic (exact) mass is 207 g/mol. The topological polar surface area (TPSA) is 29.1 Å². The zero-order valence-corrected chi connectivity index (χ0v) is 9.72. The lowest BCUT2D eigenvalue weighted by Gasteiger charge is -2.17. The van der Waals surface area contributed by atoms with Gasteiger partial charge in [-0.2, -0.15) is 0 Å². The predicted octanol–water partition coefficient (Wildman–Crippen LogP) is 2.16. The number of rotatable bonds is 5. The van der Waals surface area contributed by atoms with Crippen LogP contribution in [0, 0.1) is 5.92 Å². The molecule has 0 aromatic carbocycles. The van der Waals surface area contributed by atoms with Gasteiger partial charge in [0.1, 0.15) is 0 Å². The third-order valence-electron chi connectivity index (χ3n) is 1.41. The van der Waals surface area contributed by atoms with Crippen LogP contribution in [0.1, 0.15) is 20.8 Å². The average Bonchev–Trinajstić information content (AvgIpc) is 1.99. The van der Waals surface area contributed by atoms with E-state index in [1.54, 1.807) is 21.6 Å². The van der Waals surface area contributed by atoms with Crippen molar-refractivity contribution in [3.05, 3.63) is 0 Å². The van der Waals surface area contributed by atoms with Gasteiger partial charge in [-0.05, 0) is 19.1 Å². The summed E-state index contributed by atoms with van der Waals surface area (Å²) in [7, 11) is 3.29. The van der Waals surface area contributed by atoms with E-state index in [9.17, 15) is 4.79 Å². The second-order valence-electron chi connectivity index (χ2n) is 2.82. The van der Waals surface area contributed by atoms with Crippen LogP contribution in [0.5, 0.6) is 0 Å². The molecule has 0 fully saturated rings. The van der Waals surface area contributed by atoms with E-state index >= 15 is 0 Å². The summed E-state index contributed by atoms with van der Waals surface area (Å²) in [5.74, 6) is 0.556. The first-order valence-corrected chi connectivity index (χ1v) is 6.72. The van der Waals surface area contributed by atoms with Gasteiger partial charge in [-0.15, -0.1) is 0 Å². The van der Waals surface area contributed by atoms with E-state index in [0.29, 0.717) is 5.92 Å². The minimum atomic E-state index is 0.0833. The van der Waals surface area contributed by atoms with Gasteiger partial charge in [0.05, 0.1) is 5.25 Å². The summed E-state index contributed by atoms with van der Waals surface area (Å²) < 4.78 is 0. The van der Waals surface area contributed by atoms with E-state index in [-0.39, 0.29) is 11.2 Å². The molecule has 0 spiro atoms. The number of hydrogen-bond acceptors (Lipinski definition) is 3. The molecular weight excluding hydrogens is 190 g/mol. The van der Waals surface area contributed by atoms with Crippen LogP contribution in [-0.2, 0) is 4.79 Å². The highest BCUT2D eigenvalue weighted by Gasteiger charge is 2.21. The van der Waals surface area contributed by atoms with Gasteiger partial charge in [0.25, 0.3) is 0 Å². The second kappa shape index (κ2) is 6.66. The van der Waals surface area contributed by atoms with Crippen LogP contribution < -0.4 is 5.32 Å². The number of amides is 1. The average molecular weight is 207 g/mol. The first kappa shape index (κ1) is 12.2. The lowest BCUT2D eigenvalue weighted by Crippen LogP contribution is -2.35. The van der Waals surface area contributed by atoms with Crippen molar-refractivity contribution < 1.29 is 4.79 Å². The van der Waals surface area contributed by atoms with Crippen LogP contribution in [0.3, 0.4) is 0 Å². The molecule has 1 atom stereocenters. The Hall–Kier alpha value is 0.170. The molecule has 1 N–H and O–H groups in total. The Morgan fingerprint density at radius 1 is 1.50 bits per heavy atom. The van der Waals surface area contributed by atoms with Crippen molar-refractivity contribution in [3.63, 3.8) is 0 Å². The normalized spacial score (nSPS) is 13.1. The summed E-state index contributed by atoms with van der Waals surface area (Å²) in [6.45, 7) is 6.81. The molecule has 72 valence electrons. The lowest BCUT2D eigenvalue weighted by molar-refractivity contribution is -0.121. The number of carbonyl (C=O) groups excluding carboxylic acids is 1. The van der Waals surface area contributed by atoms with Gasteiger partial charge in [-0.3, -0.25) is 4.79 Å². The summed E-state index contributed by atoms with van der Waals surface area (Å²) in [5, 5.41) is 2.92. The Bertz CT molecular complexity index is 139. The molecule has 0 aliphatic heterocycles. The van der Waals surface area contributed by atoms with Crippen LogP contribution in [0.25, 0.3) is 0 Å². The van der Waals surface area contributed by atoms with Crippen LogP contribution in [-0.4, -0.2) is 24.0 Å². The Kier molecular flexibility index (Phi) is 6.76. The largest absolute Gasteiger partial charge is 0.355 e. The molecule has 0 saturated heterocycles. The predicted molar refractivity (Wildman–Crippen MR) is 58.4 cm³/mol. The number of hydrogen-bond donors (Lipinski definition) is 1. The first-order valence-electron chi connectivity index (χ1n) is 4.10. The zero-order valence-electron chi connectivity index (χ0n) is 8.09. The molecule has 2 nitrogen and oxygen atoms in total. The van der Waals surface area contributed by atoms with Crippen LogP contribution in [0.4, 0.5) is 0 Å². The van der Waals surface area contributed by atoms with Crippen LogP contribution >= 0.6 is 21.6 Å². The van der Waals surface area contributed by atoms with Gasteiger partial charge in [-0.1, -0.05) is 35.4 Å². The smallest absolute Gasteiger partial charge is 0.234 e. The molecule has 4 heteroatoms. The Morgan fingerprint density at radius 3 is 2.42 bits per heavy atom. The molecule has 0 aromatic heterocycles. The van der Waals surface area contributed by atoms with Crippen molar-refractivity contribution in [1.29, 1.82) is 0 Å². The fourth-order valence-corrected chi connectivity index (χ4v) is 2.99. The fourth-order valence-electron chi connectivity index (χ4n) is 0.836. The molecular formula is C8H17NOS2. The summed E-state index contributed by atoms with van der Waals surface area (Å²) in [6, 6.07) is 0. The van der Waals surface area contributed by atoms with Crippen molar-refractivity contribution in [2.24, 2.45) is 5.92 Å². The Balaban J connectivity index is 4.00. The number of nitrogens with one attached hydrogen (secondary N) is 1. The SMILES string of the molecule is CCNC(=O)[C@H](SSC)C(C)C. The van der Waals surface area contributed by atoms with Crippen LogP contribution in [0.15, 0.2) is 0 Å². The van der Waals surface area contributed by atoms with Gasteiger partial charge in [-0.25, -0.2) is 0 Å². The van der Waals surface area contributed by atoms with E-state index < -0.39 is 0 Å². The van der Waals surface area contributed by atoms with Crippen molar-refractivity contribution in [2.75, 3.05) is 12.8 Å². The standard InChI is InChI=1S/C8H17NOS2/c1-5-9-8(10)7(6(2)3)12-11-4/h6-7H,5H2,1-4H3,(H,9,10)/t7-/m1/s1. The third-order valence-corrected chi connectivity index (χ3v) is 3.77. The summed E-state index contributed by atoms with van der Waals surface area (Å²) in [6.07, 6.45) is 2.00. The maximum Gasteiger partial charge on any atom is 0.234 e. The Morgan fingerprint density at radius 2 is 2.08 bits per heavy atom. The van der Waals surface area contributed by atoms with E-state index in [1.807, 2.05) is 13.2 Å². The van der Waals surface area contributed by atoms with Gasteiger partial charge >= 0.3 is 0 Å². The quantitative estimate of drug-likeness (QED) is 0.700. The van der Waals surface area contributed by atoms with Gasteiger partial charge < -0.3 is 5.32 Å². The fraction of sp³-hybridized carbons (Fsp3) is 0.875. The summed E-state index contributed by atoms with van der Waals surface area (Å²) in [4.78, 5) is 11.4. The molecule has 0 saturated carbocycles. The third kappa shape index (κ3) is 4.26.